The highest BCUT2D eigenvalue weighted by Gasteiger charge is 2.37. The van der Waals surface area contributed by atoms with E-state index in [1.807, 2.05) is 49.2 Å². The van der Waals surface area contributed by atoms with E-state index in [-0.39, 0.29) is 12.1 Å². The molecule has 0 saturated carbocycles. The summed E-state index contributed by atoms with van der Waals surface area (Å²) in [5.41, 5.74) is 10.7. The number of hydrogen-bond donors (Lipinski definition) is 2. The molecule has 7 heteroatoms. The lowest BCUT2D eigenvalue weighted by Gasteiger charge is -2.39. The summed E-state index contributed by atoms with van der Waals surface area (Å²) < 4.78 is 5.37. The Morgan fingerprint density at radius 3 is 2.87 bits per heavy atom. The lowest BCUT2D eigenvalue weighted by molar-refractivity contribution is -0.133. The fraction of sp³-hybridized carbons (Fsp3) is 0.391. The number of aromatic nitrogens is 1. The van der Waals surface area contributed by atoms with Crippen LogP contribution in [0, 0.1) is 13.8 Å². The van der Waals surface area contributed by atoms with Gasteiger partial charge in [-0.3, -0.25) is 4.79 Å². The fourth-order valence-corrected chi connectivity index (χ4v) is 4.28. The molecule has 0 unspecified atom stereocenters. The number of rotatable bonds is 6. The molecule has 2 aliphatic rings. The van der Waals surface area contributed by atoms with Crippen molar-refractivity contribution in [2.24, 2.45) is 0 Å². The number of nitrogens with two attached hydrogens (primary N) is 1. The predicted octanol–water partition coefficient (Wildman–Crippen LogP) is 2.68. The average molecular weight is 408 g/mol. The molecule has 1 fully saturated rings. The van der Waals surface area contributed by atoms with Crippen molar-refractivity contribution in [3.8, 4) is 5.75 Å². The summed E-state index contributed by atoms with van der Waals surface area (Å²) in [7, 11) is 1.67. The van der Waals surface area contributed by atoms with E-state index in [0.717, 1.165) is 47.5 Å². The highest BCUT2D eigenvalue weighted by atomic mass is 16.5. The first kappa shape index (κ1) is 20.1. The molecule has 1 atom stereocenters. The molecule has 158 valence electrons. The van der Waals surface area contributed by atoms with Crippen LogP contribution in [0.4, 0.5) is 5.82 Å². The van der Waals surface area contributed by atoms with Crippen molar-refractivity contribution < 1.29 is 9.53 Å². The first-order valence-electron chi connectivity index (χ1n) is 10.3. The van der Waals surface area contributed by atoms with Crippen LogP contribution in [-0.4, -0.2) is 40.5 Å². The Balaban J connectivity index is 1.56. The van der Waals surface area contributed by atoms with Crippen LogP contribution < -0.4 is 15.8 Å². The molecule has 0 aliphatic carbocycles. The Morgan fingerprint density at radius 1 is 1.27 bits per heavy atom. The van der Waals surface area contributed by atoms with Gasteiger partial charge >= 0.3 is 0 Å². The number of ether oxygens (including phenoxy) is 1. The Hall–Kier alpha value is -3.22. The number of pyridine rings is 1. The average Bonchev–Trinajstić information content (AvgIpc) is 3.21. The summed E-state index contributed by atoms with van der Waals surface area (Å²) in [5.74, 6) is 1.42. The number of fused-ring (bicyclic) bond motifs is 1. The Labute approximate surface area is 177 Å². The highest BCUT2D eigenvalue weighted by Crippen LogP contribution is 2.29. The molecule has 0 radical (unpaired) electrons. The van der Waals surface area contributed by atoms with E-state index < -0.39 is 0 Å². The molecule has 30 heavy (non-hydrogen) atoms. The maximum Gasteiger partial charge on any atom is 0.273 e. The van der Waals surface area contributed by atoms with Gasteiger partial charge < -0.3 is 25.6 Å². The number of carbonyl (C=O) groups excluding carboxylic acids is 1. The zero-order valence-corrected chi connectivity index (χ0v) is 17.8. The van der Waals surface area contributed by atoms with E-state index in [1.54, 1.807) is 7.11 Å². The van der Waals surface area contributed by atoms with Gasteiger partial charge in [0.2, 0.25) is 0 Å². The number of nitrogen functional groups attached to an aromatic ring is 1. The monoisotopic (exact) mass is 407 g/mol. The van der Waals surface area contributed by atoms with Gasteiger partial charge in [0.25, 0.3) is 5.91 Å². The quantitative estimate of drug-likeness (QED) is 0.766. The van der Waals surface area contributed by atoms with Gasteiger partial charge in [-0.05, 0) is 61.6 Å². The zero-order valence-electron chi connectivity index (χ0n) is 17.8. The van der Waals surface area contributed by atoms with Crippen molar-refractivity contribution >= 4 is 11.7 Å². The zero-order chi connectivity index (χ0) is 21.3. The summed E-state index contributed by atoms with van der Waals surface area (Å²) in [5, 5.41) is 3.36. The molecule has 0 spiro atoms. The van der Waals surface area contributed by atoms with Gasteiger partial charge in [-0.15, -0.1) is 0 Å². The maximum atomic E-state index is 13.0. The molecule has 3 N–H and O–H groups in total. The number of benzene rings is 1. The van der Waals surface area contributed by atoms with Crippen LogP contribution >= 0.6 is 0 Å². The Morgan fingerprint density at radius 2 is 2.10 bits per heavy atom. The number of nitrogens with zero attached hydrogens (tertiary/aromatic N) is 3. The molecule has 0 bridgehead atoms. The molecule has 1 saturated heterocycles. The number of hydrogen-bond acceptors (Lipinski definition) is 6. The maximum absolute atomic E-state index is 13.0. The fourth-order valence-electron chi connectivity index (χ4n) is 4.28. The SMILES string of the molecule is COc1cc(C)cc(CNC2=CN(Cc3ccc(N)nc3C)[C@@H]3CCCN3C2=O)c1. The summed E-state index contributed by atoms with van der Waals surface area (Å²) in [6, 6.07) is 9.94. The van der Waals surface area contributed by atoms with E-state index in [9.17, 15) is 4.79 Å². The third-order valence-electron chi connectivity index (χ3n) is 5.79. The second kappa shape index (κ2) is 8.26. The second-order valence-electron chi connectivity index (χ2n) is 8.03. The van der Waals surface area contributed by atoms with Crippen molar-refractivity contribution in [3.63, 3.8) is 0 Å². The molecule has 7 nitrogen and oxygen atoms in total. The van der Waals surface area contributed by atoms with Gasteiger partial charge in [0.1, 0.15) is 23.4 Å². The van der Waals surface area contributed by atoms with Crippen LogP contribution in [0.1, 0.15) is 35.2 Å². The first-order valence-corrected chi connectivity index (χ1v) is 10.3. The van der Waals surface area contributed by atoms with Crippen molar-refractivity contribution in [3.05, 3.63) is 64.6 Å². The summed E-state index contributed by atoms with van der Waals surface area (Å²) >= 11 is 0. The van der Waals surface area contributed by atoms with E-state index >= 15 is 0 Å². The van der Waals surface area contributed by atoms with Gasteiger partial charge in [0.15, 0.2) is 0 Å². The van der Waals surface area contributed by atoms with Crippen molar-refractivity contribution in [2.45, 2.75) is 45.9 Å². The minimum absolute atomic E-state index is 0.0699. The van der Waals surface area contributed by atoms with Gasteiger partial charge in [-0.25, -0.2) is 4.98 Å². The summed E-state index contributed by atoms with van der Waals surface area (Å²) in [6.45, 7) is 6.05. The van der Waals surface area contributed by atoms with Crippen molar-refractivity contribution in [1.29, 1.82) is 0 Å². The van der Waals surface area contributed by atoms with E-state index in [4.69, 9.17) is 10.5 Å². The van der Waals surface area contributed by atoms with E-state index in [1.165, 1.54) is 0 Å². The molecular formula is C23H29N5O2. The molecule has 1 amide bonds. The van der Waals surface area contributed by atoms with Crippen molar-refractivity contribution in [2.75, 3.05) is 19.4 Å². The predicted molar refractivity (Wildman–Crippen MR) is 116 cm³/mol. The molecule has 1 aromatic heterocycles. The van der Waals surface area contributed by atoms with Gasteiger partial charge in [-0.1, -0.05) is 12.1 Å². The Kier molecular flexibility index (Phi) is 5.53. The molecule has 2 aromatic rings. The van der Waals surface area contributed by atoms with E-state index in [2.05, 4.69) is 21.3 Å². The van der Waals surface area contributed by atoms with Crippen LogP contribution in [0.25, 0.3) is 0 Å². The molecule has 3 heterocycles. The first-order chi connectivity index (χ1) is 14.4. The minimum atomic E-state index is 0.0699. The molecular weight excluding hydrogens is 378 g/mol. The van der Waals surface area contributed by atoms with Crippen LogP contribution in [0.2, 0.25) is 0 Å². The lowest BCUT2D eigenvalue weighted by Crippen LogP contribution is -2.51. The van der Waals surface area contributed by atoms with Gasteiger partial charge in [0.05, 0.1) is 7.11 Å². The number of carbonyl (C=O) groups is 1. The van der Waals surface area contributed by atoms with E-state index in [0.29, 0.717) is 24.6 Å². The summed E-state index contributed by atoms with van der Waals surface area (Å²) in [6.07, 6.45) is 4.06. The number of nitrogens with one attached hydrogen (secondary N) is 1. The topological polar surface area (TPSA) is 83.7 Å². The van der Waals surface area contributed by atoms with Gasteiger partial charge in [0, 0.05) is 31.5 Å². The standard InChI is InChI=1S/C23H29N5O2/c1-15-9-17(11-19(10-15)30-3)12-25-20-14-27(22-5-4-8-28(22)23(20)29)13-18-6-7-21(24)26-16(18)2/h6-7,9-11,14,22,25H,4-5,8,12-13H2,1-3H3,(H2,24,26)/t22-/m0/s1. The van der Waals surface area contributed by atoms with Crippen LogP contribution in [0.15, 0.2) is 42.2 Å². The summed E-state index contributed by atoms with van der Waals surface area (Å²) in [4.78, 5) is 21.6. The number of anilines is 1. The van der Waals surface area contributed by atoms with Gasteiger partial charge in [-0.2, -0.15) is 0 Å². The second-order valence-corrected chi connectivity index (χ2v) is 8.03. The minimum Gasteiger partial charge on any atom is -0.497 e. The number of aryl methyl sites for hydroxylation is 2. The molecule has 1 aromatic carbocycles. The third-order valence-corrected chi connectivity index (χ3v) is 5.79. The third kappa shape index (κ3) is 4.06. The largest absolute Gasteiger partial charge is 0.497 e. The van der Waals surface area contributed by atoms with Crippen LogP contribution in [0.3, 0.4) is 0 Å². The number of amides is 1. The Bertz CT molecular complexity index is 988. The smallest absolute Gasteiger partial charge is 0.273 e. The molecule has 2 aliphatic heterocycles. The number of methoxy groups -OCH3 is 1. The molecule has 4 rings (SSSR count). The normalized spacial score (nSPS) is 18.3. The van der Waals surface area contributed by atoms with Crippen molar-refractivity contribution in [1.82, 2.24) is 20.1 Å². The lowest BCUT2D eigenvalue weighted by atomic mass is 10.1. The highest BCUT2D eigenvalue weighted by molar-refractivity contribution is 5.94. The van der Waals surface area contributed by atoms with Crippen LogP contribution in [-0.2, 0) is 17.9 Å². The van der Waals surface area contributed by atoms with Crippen LogP contribution in [0.5, 0.6) is 5.75 Å².